The summed E-state index contributed by atoms with van der Waals surface area (Å²) in [6.07, 6.45) is -0.174. The number of hydrogen-bond donors (Lipinski definition) is 1. The van der Waals surface area contributed by atoms with Crippen LogP contribution in [0.1, 0.15) is 25.0 Å². The predicted octanol–water partition coefficient (Wildman–Crippen LogP) is 6.93. The van der Waals surface area contributed by atoms with Crippen molar-refractivity contribution in [2.45, 2.75) is 33.5 Å². The van der Waals surface area contributed by atoms with E-state index in [-0.39, 0.29) is 46.4 Å². The topological polar surface area (TPSA) is 47.9 Å². The highest BCUT2D eigenvalue weighted by atomic mass is 79.9. The fraction of sp³-hybridized carbons (Fsp3) is 0.280. The summed E-state index contributed by atoms with van der Waals surface area (Å²) in [5.74, 6) is -1.82. The maximum absolute atomic E-state index is 14.3. The number of phenolic OH excluding ortho intramolecular Hbond substituents is 1. The number of aromatic hydroxyl groups is 1. The number of aryl methyl sites for hydroxylation is 1. The number of rotatable bonds is 9. The van der Waals surface area contributed by atoms with Crippen LogP contribution in [0.2, 0.25) is 0 Å². The first-order chi connectivity index (χ1) is 15.7. The third-order valence-electron chi connectivity index (χ3n) is 4.95. The van der Waals surface area contributed by atoms with Crippen molar-refractivity contribution in [1.82, 2.24) is 0 Å². The molecule has 3 aromatic rings. The van der Waals surface area contributed by atoms with Gasteiger partial charge in [0.25, 0.3) is 0 Å². The summed E-state index contributed by atoms with van der Waals surface area (Å²) in [6.45, 7) is 6.11. The SMILES string of the molecule is CCOC(C)COc1cc(F)ccc1COc1cc(C)c(-c2c(F)cccc2F)c(O)c1Br. The van der Waals surface area contributed by atoms with Gasteiger partial charge in [0, 0.05) is 23.8 Å². The number of halogens is 4. The van der Waals surface area contributed by atoms with Gasteiger partial charge in [-0.25, -0.2) is 13.2 Å². The van der Waals surface area contributed by atoms with E-state index in [0.29, 0.717) is 23.5 Å². The Morgan fingerprint density at radius 2 is 1.67 bits per heavy atom. The van der Waals surface area contributed by atoms with Crippen LogP contribution in [0, 0.1) is 24.4 Å². The average Bonchev–Trinajstić information content (AvgIpc) is 2.77. The van der Waals surface area contributed by atoms with Gasteiger partial charge in [-0.15, -0.1) is 0 Å². The van der Waals surface area contributed by atoms with Crippen LogP contribution in [0.5, 0.6) is 17.2 Å². The van der Waals surface area contributed by atoms with E-state index in [1.54, 1.807) is 19.1 Å². The average molecular weight is 525 g/mol. The first kappa shape index (κ1) is 24.9. The van der Waals surface area contributed by atoms with Crippen molar-refractivity contribution in [3.05, 3.63) is 75.5 Å². The second kappa shape index (κ2) is 10.9. The van der Waals surface area contributed by atoms with Gasteiger partial charge < -0.3 is 19.3 Å². The largest absolute Gasteiger partial charge is 0.506 e. The van der Waals surface area contributed by atoms with Crippen LogP contribution in [0.15, 0.2) is 46.9 Å². The van der Waals surface area contributed by atoms with Gasteiger partial charge in [0.05, 0.1) is 11.7 Å². The van der Waals surface area contributed by atoms with E-state index in [9.17, 15) is 18.3 Å². The van der Waals surface area contributed by atoms with Crippen molar-refractivity contribution >= 4 is 15.9 Å². The summed E-state index contributed by atoms with van der Waals surface area (Å²) in [6, 6.07) is 9.16. The second-order valence-corrected chi connectivity index (χ2v) is 8.24. The monoisotopic (exact) mass is 524 g/mol. The quantitative estimate of drug-likeness (QED) is 0.329. The standard InChI is InChI=1S/C25H24BrF3O4/c1-4-31-15(3)12-32-20-11-17(27)9-8-16(20)13-33-21-10-14(2)22(25(30)24(21)26)23-18(28)6-5-7-19(23)29/h5-11,15,30H,4,12-13H2,1-3H3. The smallest absolute Gasteiger partial charge is 0.141 e. The number of hydrogen-bond acceptors (Lipinski definition) is 4. The van der Waals surface area contributed by atoms with Gasteiger partial charge in [-0.05, 0) is 72.6 Å². The molecule has 8 heteroatoms. The zero-order valence-corrected chi connectivity index (χ0v) is 20.0. The highest BCUT2D eigenvalue weighted by molar-refractivity contribution is 9.10. The van der Waals surface area contributed by atoms with Crippen LogP contribution in [-0.2, 0) is 11.3 Å². The maximum atomic E-state index is 14.3. The van der Waals surface area contributed by atoms with Crippen LogP contribution in [0.4, 0.5) is 13.2 Å². The van der Waals surface area contributed by atoms with Crippen molar-refractivity contribution in [3.8, 4) is 28.4 Å². The summed E-state index contributed by atoms with van der Waals surface area (Å²) < 4.78 is 59.5. The summed E-state index contributed by atoms with van der Waals surface area (Å²) in [4.78, 5) is 0. The molecule has 0 spiro atoms. The van der Waals surface area contributed by atoms with Crippen molar-refractivity contribution in [1.29, 1.82) is 0 Å². The van der Waals surface area contributed by atoms with E-state index >= 15 is 0 Å². The molecule has 0 saturated heterocycles. The third-order valence-corrected chi connectivity index (χ3v) is 5.72. The van der Waals surface area contributed by atoms with Gasteiger partial charge in [-0.1, -0.05) is 6.07 Å². The molecule has 3 rings (SSSR count). The zero-order valence-electron chi connectivity index (χ0n) is 18.4. The van der Waals surface area contributed by atoms with Crippen LogP contribution >= 0.6 is 15.9 Å². The molecule has 1 unspecified atom stereocenters. The lowest BCUT2D eigenvalue weighted by Gasteiger charge is -2.18. The van der Waals surface area contributed by atoms with Crippen molar-refractivity contribution in [3.63, 3.8) is 0 Å². The van der Waals surface area contributed by atoms with E-state index in [4.69, 9.17) is 14.2 Å². The summed E-state index contributed by atoms with van der Waals surface area (Å²) >= 11 is 3.25. The minimum Gasteiger partial charge on any atom is -0.506 e. The highest BCUT2D eigenvalue weighted by Crippen LogP contribution is 2.45. The number of ether oxygens (including phenoxy) is 3. The Morgan fingerprint density at radius 1 is 0.970 bits per heavy atom. The van der Waals surface area contributed by atoms with E-state index in [1.165, 1.54) is 18.2 Å². The lowest BCUT2D eigenvalue weighted by Crippen LogP contribution is -2.18. The Balaban J connectivity index is 1.86. The number of phenols is 1. The Hall–Kier alpha value is -2.71. The highest BCUT2D eigenvalue weighted by Gasteiger charge is 2.22. The Labute approximate surface area is 199 Å². The minimum absolute atomic E-state index is 0.00349. The Morgan fingerprint density at radius 3 is 2.33 bits per heavy atom. The van der Waals surface area contributed by atoms with Crippen molar-refractivity contribution in [2.75, 3.05) is 13.2 Å². The van der Waals surface area contributed by atoms with Gasteiger partial charge in [0.1, 0.15) is 52.4 Å². The van der Waals surface area contributed by atoms with Crippen LogP contribution in [-0.4, -0.2) is 24.4 Å². The van der Waals surface area contributed by atoms with Gasteiger partial charge >= 0.3 is 0 Å². The fourth-order valence-corrected chi connectivity index (χ4v) is 3.81. The second-order valence-electron chi connectivity index (χ2n) is 7.44. The van der Waals surface area contributed by atoms with E-state index in [1.807, 2.05) is 13.8 Å². The molecule has 1 N–H and O–H groups in total. The predicted molar refractivity (Wildman–Crippen MR) is 123 cm³/mol. The Kier molecular flexibility index (Phi) is 8.26. The molecule has 0 bridgehead atoms. The van der Waals surface area contributed by atoms with Gasteiger partial charge in [-0.2, -0.15) is 0 Å². The molecular formula is C25H24BrF3O4. The summed E-state index contributed by atoms with van der Waals surface area (Å²) in [7, 11) is 0. The van der Waals surface area contributed by atoms with Crippen molar-refractivity contribution < 1.29 is 32.5 Å². The minimum atomic E-state index is -0.789. The summed E-state index contributed by atoms with van der Waals surface area (Å²) in [5.41, 5.74) is 0.696. The molecule has 1 atom stereocenters. The van der Waals surface area contributed by atoms with Crippen LogP contribution in [0.25, 0.3) is 11.1 Å². The van der Waals surface area contributed by atoms with Crippen LogP contribution in [0.3, 0.4) is 0 Å². The Bertz CT molecular complexity index is 1120. The van der Waals surface area contributed by atoms with E-state index < -0.39 is 17.5 Å². The molecule has 0 aliphatic heterocycles. The van der Waals surface area contributed by atoms with Gasteiger partial charge in [0.15, 0.2) is 0 Å². The lowest BCUT2D eigenvalue weighted by atomic mass is 9.98. The first-order valence-corrected chi connectivity index (χ1v) is 11.1. The summed E-state index contributed by atoms with van der Waals surface area (Å²) in [5, 5.41) is 10.7. The molecule has 3 aromatic carbocycles. The first-order valence-electron chi connectivity index (χ1n) is 10.3. The molecule has 0 amide bonds. The van der Waals surface area contributed by atoms with Gasteiger partial charge in [-0.3, -0.25) is 0 Å². The molecule has 0 radical (unpaired) electrons. The van der Waals surface area contributed by atoms with Gasteiger partial charge in [0.2, 0.25) is 0 Å². The molecule has 4 nitrogen and oxygen atoms in total. The molecular weight excluding hydrogens is 501 g/mol. The molecule has 0 aromatic heterocycles. The third kappa shape index (κ3) is 5.81. The van der Waals surface area contributed by atoms with E-state index in [2.05, 4.69) is 15.9 Å². The van der Waals surface area contributed by atoms with Crippen LogP contribution < -0.4 is 9.47 Å². The zero-order chi connectivity index (χ0) is 24.1. The molecule has 0 aliphatic rings. The molecule has 33 heavy (non-hydrogen) atoms. The fourth-order valence-electron chi connectivity index (χ4n) is 3.38. The van der Waals surface area contributed by atoms with Crippen molar-refractivity contribution in [2.24, 2.45) is 0 Å². The molecule has 0 heterocycles. The number of benzene rings is 3. The lowest BCUT2D eigenvalue weighted by molar-refractivity contribution is 0.0396. The molecule has 176 valence electrons. The molecule has 0 saturated carbocycles. The maximum Gasteiger partial charge on any atom is 0.141 e. The normalized spacial score (nSPS) is 12.0. The van der Waals surface area contributed by atoms with E-state index in [0.717, 1.165) is 12.1 Å². The molecule has 0 aliphatic carbocycles. The molecule has 0 fully saturated rings.